The van der Waals surface area contributed by atoms with Gasteiger partial charge in [0.25, 0.3) is 0 Å². The Bertz CT molecular complexity index is 425. The van der Waals surface area contributed by atoms with Crippen LogP contribution in [0.2, 0.25) is 0 Å². The monoisotopic (exact) mass is 252 g/mol. The highest BCUT2D eigenvalue weighted by atomic mass is 32.1. The summed E-state index contributed by atoms with van der Waals surface area (Å²) in [5, 5.41) is 2.06. The van der Waals surface area contributed by atoms with Crippen molar-refractivity contribution in [1.29, 1.82) is 0 Å². The first-order valence-corrected chi connectivity index (χ1v) is 6.41. The summed E-state index contributed by atoms with van der Waals surface area (Å²) in [6.07, 6.45) is 3.80. The topological polar surface area (TPSA) is 36.3 Å². The standard InChI is InChI=1S/C12H16N2O2S/c1-15-8-9-16-7-6-14-5-4-13-12(14)11-3-2-10-17-11/h2-5,10H,6-9H2,1H3. The van der Waals surface area contributed by atoms with Crippen molar-refractivity contribution in [2.24, 2.45) is 0 Å². The lowest BCUT2D eigenvalue weighted by Gasteiger charge is -2.07. The zero-order valence-corrected chi connectivity index (χ0v) is 10.7. The molecule has 2 aromatic rings. The lowest BCUT2D eigenvalue weighted by Crippen LogP contribution is -2.09. The Labute approximate surface area is 105 Å². The largest absolute Gasteiger partial charge is 0.382 e. The first kappa shape index (κ1) is 12.3. The molecule has 0 aliphatic heterocycles. The average molecular weight is 252 g/mol. The van der Waals surface area contributed by atoms with E-state index in [2.05, 4.69) is 21.0 Å². The summed E-state index contributed by atoms with van der Waals surface area (Å²) in [5.74, 6) is 1.01. The van der Waals surface area contributed by atoms with E-state index in [1.807, 2.05) is 18.5 Å². The Kier molecular flexibility index (Phi) is 4.73. The van der Waals surface area contributed by atoms with Crippen LogP contribution in [0.1, 0.15) is 0 Å². The second-order valence-electron chi connectivity index (χ2n) is 3.53. The van der Waals surface area contributed by atoms with Crippen molar-refractivity contribution < 1.29 is 9.47 Å². The van der Waals surface area contributed by atoms with Gasteiger partial charge in [-0.25, -0.2) is 4.98 Å². The molecule has 0 bridgehead atoms. The summed E-state index contributed by atoms with van der Waals surface area (Å²) < 4.78 is 12.5. The number of hydrogen-bond donors (Lipinski definition) is 0. The van der Waals surface area contributed by atoms with Gasteiger partial charge in [-0.15, -0.1) is 11.3 Å². The van der Waals surface area contributed by atoms with Crippen molar-refractivity contribution in [1.82, 2.24) is 9.55 Å². The van der Waals surface area contributed by atoms with Crippen LogP contribution in [0.3, 0.4) is 0 Å². The second-order valence-corrected chi connectivity index (χ2v) is 4.47. The second kappa shape index (κ2) is 6.54. The summed E-state index contributed by atoms with van der Waals surface area (Å²) >= 11 is 1.70. The third kappa shape index (κ3) is 3.39. The molecule has 0 atom stereocenters. The van der Waals surface area contributed by atoms with Gasteiger partial charge in [0.05, 0.1) is 24.7 Å². The Balaban J connectivity index is 1.87. The molecule has 0 fully saturated rings. The molecule has 5 heteroatoms. The number of hydrogen-bond acceptors (Lipinski definition) is 4. The van der Waals surface area contributed by atoms with Gasteiger partial charge in [0.15, 0.2) is 0 Å². The van der Waals surface area contributed by atoms with Crippen LogP contribution in [-0.2, 0) is 16.0 Å². The van der Waals surface area contributed by atoms with Crippen molar-refractivity contribution in [3.05, 3.63) is 29.9 Å². The van der Waals surface area contributed by atoms with E-state index in [0.29, 0.717) is 19.8 Å². The van der Waals surface area contributed by atoms with E-state index < -0.39 is 0 Å². The quantitative estimate of drug-likeness (QED) is 0.709. The molecule has 2 aromatic heterocycles. The van der Waals surface area contributed by atoms with Gasteiger partial charge >= 0.3 is 0 Å². The maximum absolute atomic E-state index is 5.45. The van der Waals surface area contributed by atoms with Crippen LogP contribution in [0, 0.1) is 0 Å². The number of thiophene rings is 1. The predicted molar refractivity (Wildman–Crippen MR) is 68.2 cm³/mol. The predicted octanol–water partition coefficient (Wildman–Crippen LogP) is 2.27. The van der Waals surface area contributed by atoms with E-state index >= 15 is 0 Å². The normalized spacial score (nSPS) is 10.9. The SMILES string of the molecule is COCCOCCn1ccnc1-c1cccs1. The van der Waals surface area contributed by atoms with Gasteiger partial charge in [-0.1, -0.05) is 6.07 Å². The number of ether oxygens (including phenoxy) is 2. The molecule has 17 heavy (non-hydrogen) atoms. The summed E-state index contributed by atoms with van der Waals surface area (Å²) in [7, 11) is 1.67. The lowest BCUT2D eigenvalue weighted by molar-refractivity contribution is 0.0667. The summed E-state index contributed by atoms with van der Waals surface area (Å²) in [6, 6.07) is 4.11. The highest BCUT2D eigenvalue weighted by Crippen LogP contribution is 2.22. The fraction of sp³-hybridized carbons (Fsp3) is 0.417. The van der Waals surface area contributed by atoms with Crippen molar-refractivity contribution in [3.63, 3.8) is 0 Å². The molecule has 92 valence electrons. The minimum absolute atomic E-state index is 0.638. The molecule has 0 saturated carbocycles. The number of aromatic nitrogens is 2. The molecule has 2 rings (SSSR count). The van der Waals surface area contributed by atoms with Crippen LogP contribution in [0.15, 0.2) is 29.9 Å². The van der Waals surface area contributed by atoms with E-state index in [9.17, 15) is 0 Å². The smallest absolute Gasteiger partial charge is 0.150 e. The van der Waals surface area contributed by atoms with Gasteiger partial charge in [0, 0.05) is 26.0 Å². The molecule has 4 nitrogen and oxygen atoms in total. The molecular weight excluding hydrogens is 236 g/mol. The first-order valence-electron chi connectivity index (χ1n) is 5.53. The lowest BCUT2D eigenvalue weighted by atomic mass is 10.4. The fourth-order valence-electron chi connectivity index (χ4n) is 1.53. The van der Waals surface area contributed by atoms with E-state index in [0.717, 1.165) is 12.4 Å². The Hall–Kier alpha value is -1.17. The number of imidazole rings is 1. The fourth-order valence-corrected chi connectivity index (χ4v) is 2.26. The van der Waals surface area contributed by atoms with Crippen LogP contribution in [0.5, 0.6) is 0 Å². The molecule has 0 N–H and O–H groups in total. The molecule has 0 aliphatic carbocycles. The molecule has 0 spiro atoms. The minimum atomic E-state index is 0.638. The third-order valence-corrected chi connectivity index (χ3v) is 3.23. The van der Waals surface area contributed by atoms with E-state index in [-0.39, 0.29) is 0 Å². The molecule has 0 radical (unpaired) electrons. The zero-order chi connectivity index (χ0) is 11.9. The van der Waals surface area contributed by atoms with Crippen molar-refractivity contribution in [2.75, 3.05) is 26.9 Å². The van der Waals surface area contributed by atoms with E-state index in [1.165, 1.54) is 4.88 Å². The van der Waals surface area contributed by atoms with Gasteiger partial charge in [0.1, 0.15) is 5.82 Å². The van der Waals surface area contributed by atoms with Crippen molar-refractivity contribution in [2.45, 2.75) is 6.54 Å². The third-order valence-electron chi connectivity index (χ3n) is 2.37. The van der Waals surface area contributed by atoms with Gasteiger partial charge < -0.3 is 14.0 Å². The highest BCUT2D eigenvalue weighted by Gasteiger charge is 2.05. The maximum Gasteiger partial charge on any atom is 0.150 e. The number of rotatable bonds is 7. The molecule has 0 amide bonds. The van der Waals surface area contributed by atoms with Crippen LogP contribution in [0.4, 0.5) is 0 Å². The first-order chi connectivity index (χ1) is 8.42. The Morgan fingerprint density at radius 2 is 2.29 bits per heavy atom. The molecule has 0 aromatic carbocycles. The zero-order valence-electron chi connectivity index (χ0n) is 9.83. The average Bonchev–Trinajstić information content (AvgIpc) is 2.98. The Morgan fingerprint density at radius 3 is 3.06 bits per heavy atom. The van der Waals surface area contributed by atoms with Crippen LogP contribution in [-0.4, -0.2) is 36.5 Å². The van der Waals surface area contributed by atoms with Crippen LogP contribution >= 0.6 is 11.3 Å². The molecule has 0 aliphatic rings. The molecule has 0 saturated heterocycles. The minimum Gasteiger partial charge on any atom is -0.382 e. The van der Waals surface area contributed by atoms with Crippen molar-refractivity contribution >= 4 is 11.3 Å². The van der Waals surface area contributed by atoms with Crippen LogP contribution in [0.25, 0.3) is 10.7 Å². The van der Waals surface area contributed by atoms with E-state index in [4.69, 9.17) is 9.47 Å². The van der Waals surface area contributed by atoms with Gasteiger partial charge in [-0.05, 0) is 11.4 Å². The molecule has 0 unspecified atom stereocenters. The number of nitrogens with zero attached hydrogens (tertiary/aromatic N) is 2. The van der Waals surface area contributed by atoms with Crippen molar-refractivity contribution in [3.8, 4) is 10.7 Å². The van der Waals surface area contributed by atoms with Gasteiger partial charge in [-0.3, -0.25) is 0 Å². The summed E-state index contributed by atoms with van der Waals surface area (Å²) in [6.45, 7) is 2.77. The van der Waals surface area contributed by atoms with Crippen LogP contribution < -0.4 is 0 Å². The van der Waals surface area contributed by atoms with Gasteiger partial charge in [0.2, 0.25) is 0 Å². The number of methoxy groups -OCH3 is 1. The summed E-state index contributed by atoms with van der Waals surface area (Å²) in [4.78, 5) is 5.55. The summed E-state index contributed by atoms with van der Waals surface area (Å²) in [5.41, 5.74) is 0. The maximum atomic E-state index is 5.45. The van der Waals surface area contributed by atoms with Gasteiger partial charge in [-0.2, -0.15) is 0 Å². The Morgan fingerprint density at radius 1 is 1.35 bits per heavy atom. The highest BCUT2D eigenvalue weighted by molar-refractivity contribution is 7.13. The molecule has 2 heterocycles. The van der Waals surface area contributed by atoms with E-state index in [1.54, 1.807) is 18.4 Å². The molecular formula is C12H16N2O2S.